The number of carboxylic acid groups (broad SMARTS) is 2. The highest BCUT2D eigenvalue weighted by Crippen LogP contribution is 2.32. The first-order chi connectivity index (χ1) is 10.3. The molecular weight excluding hydrogens is 294 g/mol. The maximum absolute atomic E-state index is 11.0. The molecule has 2 rings (SSSR count). The summed E-state index contributed by atoms with van der Waals surface area (Å²) in [5, 5.41) is 38.2. The smallest absolute Gasteiger partial charge is 0.335 e. The van der Waals surface area contributed by atoms with Gasteiger partial charge in [-0.1, -0.05) is 6.07 Å². The number of aromatic carboxylic acids is 2. The van der Waals surface area contributed by atoms with Gasteiger partial charge in [-0.2, -0.15) is 0 Å². The van der Waals surface area contributed by atoms with E-state index in [2.05, 4.69) is 0 Å². The molecule has 0 bridgehead atoms. The molecular formula is C14H9NO7. The van der Waals surface area contributed by atoms with Gasteiger partial charge in [0.1, 0.15) is 0 Å². The lowest BCUT2D eigenvalue weighted by Crippen LogP contribution is -2.03. The molecule has 0 aliphatic heterocycles. The van der Waals surface area contributed by atoms with Gasteiger partial charge < -0.3 is 15.3 Å². The Hall–Kier alpha value is -3.42. The average Bonchev–Trinajstić information content (AvgIpc) is 2.46. The zero-order chi connectivity index (χ0) is 16.4. The first-order valence-electron chi connectivity index (χ1n) is 5.89. The molecule has 0 aromatic heterocycles. The first-order valence-corrected chi connectivity index (χ1v) is 5.89. The number of rotatable bonds is 4. The Kier molecular flexibility index (Phi) is 3.76. The molecule has 0 radical (unpaired) electrons. The Labute approximate surface area is 123 Å². The molecule has 112 valence electrons. The van der Waals surface area contributed by atoms with Crippen LogP contribution in [0, 0.1) is 10.1 Å². The van der Waals surface area contributed by atoms with Crippen molar-refractivity contribution in [3.05, 3.63) is 57.6 Å². The molecule has 8 nitrogen and oxygen atoms in total. The standard InChI is InChI=1S/C14H9NO7/c16-12-2-1-7(6-11(12)15(21)22)8-3-9(13(17)18)5-10(4-8)14(19)20/h1-6,16H,(H,17,18)(H,19,20). The molecule has 2 aromatic rings. The summed E-state index contributed by atoms with van der Waals surface area (Å²) in [7, 11) is 0. The van der Waals surface area contributed by atoms with Crippen molar-refractivity contribution in [2.75, 3.05) is 0 Å². The molecule has 0 aliphatic rings. The minimum Gasteiger partial charge on any atom is -0.502 e. The Bertz CT molecular complexity index is 766. The van der Waals surface area contributed by atoms with Crippen LogP contribution < -0.4 is 0 Å². The van der Waals surface area contributed by atoms with E-state index in [4.69, 9.17) is 10.2 Å². The highest BCUT2D eigenvalue weighted by molar-refractivity contribution is 5.96. The summed E-state index contributed by atoms with van der Waals surface area (Å²) in [4.78, 5) is 32.1. The Morgan fingerprint density at radius 1 is 0.909 bits per heavy atom. The molecule has 0 heterocycles. The molecule has 0 aliphatic carbocycles. The number of phenols is 1. The second kappa shape index (κ2) is 5.52. The topological polar surface area (TPSA) is 138 Å². The van der Waals surface area contributed by atoms with Crippen LogP contribution in [0.2, 0.25) is 0 Å². The van der Waals surface area contributed by atoms with Crippen LogP contribution in [0.25, 0.3) is 11.1 Å². The van der Waals surface area contributed by atoms with Gasteiger partial charge in [-0.3, -0.25) is 10.1 Å². The van der Waals surface area contributed by atoms with E-state index >= 15 is 0 Å². The highest BCUT2D eigenvalue weighted by atomic mass is 16.6. The van der Waals surface area contributed by atoms with E-state index in [0.29, 0.717) is 0 Å². The van der Waals surface area contributed by atoms with E-state index < -0.39 is 28.3 Å². The fourth-order valence-corrected chi connectivity index (χ4v) is 1.89. The Balaban J connectivity index is 2.66. The lowest BCUT2D eigenvalue weighted by Gasteiger charge is -2.06. The van der Waals surface area contributed by atoms with Gasteiger partial charge in [0, 0.05) is 6.07 Å². The number of benzene rings is 2. The minimum atomic E-state index is -1.32. The summed E-state index contributed by atoms with van der Waals surface area (Å²) in [6.45, 7) is 0. The summed E-state index contributed by atoms with van der Waals surface area (Å²) in [5.41, 5.74) is -0.679. The zero-order valence-electron chi connectivity index (χ0n) is 10.9. The van der Waals surface area contributed by atoms with Gasteiger partial charge >= 0.3 is 17.6 Å². The molecule has 22 heavy (non-hydrogen) atoms. The second-order valence-electron chi connectivity index (χ2n) is 4.37. The van der Waals surface area contributed by atoms with Gasteiger partial charge in [0.05, 0.1) is 16.1 Å². The number of hydrogen-bond acceptors (Lipinski definition) is 5. The van der Waals surface area contributed by atoms with Crippen LogP contribution in [0.4, 0.5) is 5.69 Å². The predicted molar refractivity (Wildman–Crippen MR) is 74.1 cm³/mol. The SMILES string of the molecule is O=C(O)c1cc(C(=O)O)cc(-c2ccc(O)c([N+](=O)[O-])c2)c1. The number of phenolic OH excluding ortho intramolecular Hbond substituents is 1. The van der Waals surface area contributed by atoms with Crippen LogP contribution in [0.15, 0.2) is 36.4 Å². The third-order valence-corrected chi connectivity index (χ3v) is 2.93. The number of hydrogen-bond donors (Lipinski definition) is 3. The number of nitro groups is 1. The van der Waals surface area contributed by atoms with E-state index in [1.807, 2.05) is 0 Å². The van der Waals surface area contributed by atoms with Crippen LogP contribution in [0.3, 0.4) is 0 Å². The monoisotopic (exact) mass is 303 g/mol. The van der Waals surface area contributed by atoms with E-state index in [-0.39, 0.29) is 22.3 Å². The quantitative estimate of drug-likeness (QED) is 0.582. The summed E-state index contributed by atoms with van der Waals surface area (Å²) < 4.78 is 0. The summed E-state index contributed by atoms with van der Waals surface area (Å²) >= 11 is 0. The summed E-state index contributed by atoms with van der Waals surface area (Å²) in [6.07, 6.45) is 0. The molecule has 0 saturated heterocycles. The molecule has 0 atom stereocenters. The van der Waals surface area contributed by atoms with E-state index in [1.54, 1.807) is 0 Å². The fourth-order valence-electron chi connectivity index (χ4n) is 1.89. The van der Waals surface area contributed by atoms with Crippen LogP contribution in [0.5, 0.6) is 5.75 Å². The van der Waals surface area contributed by atoms with Gasteiger partial charge in [-0.25, -0.2) is 9.59 Å². The lowest BCUT2D eigenvalue weighted by molar-refractivity contribution is -0.385. The molecule has 0 amide bonds. The molecule has 2 aromatic carbocycles. The average molecular weight is 303 g/mol. The summed E-state index contributed by atoms with van der Waals surface area (Å²) in [6, 6.07) is 6.84. The highest BCUT2D eigenvalue weighted by Gasteiger charge is 2.17. The third-order valence-electron chi connectivity index (χ3n) is 2.93. The van der Waals surface area contributed by atoms with Crippen molar-refractivity contribution < 1.29 is 29.8 Å². The Morgan fingerprint density at radius 3 is 1.91 bits per heavy atom. The Morgan fingerprint density at radius 2 is 1.45 bits per heavy atom. The lowest BCUT2D eigenvalue weighted by atomic mass is 9.99. The molecule has 3 N–H and O–H groups in total. The second-order valence-corrected chi connectivity index (χ2v) is 4.37. The van der Waals surface area contributed by atoms with E-state index in [9.17, 15) is 24.8 Å². The van der Waals surface area contributed by atoms with E-state index in [1.165, 1.54) is 18.2 Å². The van der Waals surface area contributed by atoms with Gasteiger partial charge in [-0.15, -0.1) is 0 Å². The third kappa shape index (κ3) is 2.85. The molecule has 0 saturated carbocycles. The summed E-state index contributed by atoms with van der Waals surface area (Å²) in [5.74, 6) is -3.18. The number of nitrogens with zero attached hydrogens (tertiary/aromatic N) is 1. The van der Waals surface area contributed by atoms with Gasteiger partial charge in [0.25, 0.3) is 0 Å². The van der Waals surface area contributed by atoms with E-state index in [0.717, 1.165) is 18.2 Å². The predicted octanol–water partition coefficient (Wildman–Crippen LogP) is 2.36. The molecule has 0 unspecified atom stereocenters. The fraction of sp³-hybridized carbons (Fsp3) is 0. The van der Waals surface area contributed by atoms with Gasteiger partial charge in [-0.05, 0) is 35.4 Å². The maximum Gasteiger partial charge on any atom is 0.335 e. The van der Waals surface area contributed by atoms with Crippen LogP contribution in [-0.4, -0.2) is 32.2 Å². The first kappa shape index (κ1) is 15.0. The van der Waals surface area contributed by atoms with Gasteiger partial charge in [0.15, 0.2) is 5.75 Å². The maximum atomic E-state index is 11.0. The van der Waals surface area contributed by atoms with Crippen molar-refractivity contribution in [2.45, 2.75) is 0 Å². The van der Waals surface area contributed by atoms with Crippen molar-refractivity contribution in [1.82, 2.24) is 0 Å². The van der Waals surface area contributed by atoms with Crippen LogP contribution in [-0.2, 0) is 0 Å². The van der Waals surface area contributed by atoms with Crippen LogP contribution in [0.1, 0.15) is 20.7 Å². The number of carbonyl (C=O) groups is 2. The van der Waals surface area contributed by atoms with Gasteiger partial charge in [0.2, 0.25) is 0 Å². The van der Waals surface area contributed by atoms with Crippen molar-refractivity contribution >= 4 is 17.6 Å². The van der Waals surface area contributed by atoms with Crippen molar-refractivity contribution in [3.63, 3.8) is 0 Å². The minimum absolute atomic E-state index is 0.181. The number of carboxylic acids is 2. The normalized spacial score (nSPS) is 10.2. The molecule has 0 fully saturated rings. The molecule has 0 spiro atoms. The largest absolute Gasteiger partial charge is 0.502 e. The molecule has 8 heteroatoms. The van der Waals surface area contributed by atoms with Crippen LogP contribution >= 0.6 is 0 Å². The number of aromatic hydroxyl groups is 1. The zero-order valence-corrected chi connectivity index (χ0v) is 10.9. The van der Waals surface area contributed by atoms with Crippen molar-refractivity contribution in [1.29, 1.82) is 0 Å². The number of nitro benzene ring substituents is 1. The van der Waals surface area contributed by atoms with Crippen molar-refractivity contribution in [3.8, 4) is 16.9 Å². The van der Waals surface area contributed by atoms with Crippen molar-refractivity contribution in [2.24, 2.45) is 0 Å².